The molecule has 0 aromatic carbocycles. The monoisotopic (exact) mass is 243 g/mol. The third kappa shape index (κ3) is 3.02. The molecule has 0 bridgehead atoms. The van der Waals surface area contributed by atoms with Gasteiger partial charge in [0.15, 0.2) is 0 Å². The predicted molar refractivity (Wildman–Crippen MR) is 62.0 cm³/mol. The maximum Gasteiger partial charge on any atom is 0.312 e. The lowest BCUT2D eigenvalue weighted by molar-refractivity contribution is -0.154. The molecule has 0 saturated heterocycles. The van der Waals surface area contributed by atoms with Crippen molar-refractivity contribution in [1.29, 1.82) is 0 Å². The van der Waals surface area contributed by atoms with Crippen molar-refractivity contribution in [3.05, 3.63) is 16.6 Å². The summed E-state index contributed by atoms with van der Waals surface area (Å²) in [7, 11) is 0. The lowest BCUT2D eigenvalue weighted by Crippen LogP contribution is -2.29. The SMILES string of the molecule is CCOC(=O)C(C(C)C)C(O)c1cscn1. The van der Waals surface area contributed by atoms with Crippen LogP contribution in [0.15, 0.2) is 10.9 Å². The molecule has 1 aromatic rings. The molecule has 90 valence electrons. The van der Waals surface area contributed by atoms with Crippen LogP contribution in [-0.4, -0.2) is 22.7 Å². The van der Waals surface area contributed by atoms with Gasteiger partial charge in [-0.2, -0.15) is 0 Å². The minimum atomic E-state index is -0.884. The maximum atomic E-state index is 11.7. The third-order valence-electron chi connectivity index (χ3n) is 2.37. The van der Waals surface area contributed by atoms with E-state index in [2.05, 4.69) is 4.98 Å². The Morgan fingerprint density at radius 2 is 2.31 bits per heavy atom. The Kier molecular flexibility index (Phi) is 4.89. The fourth-order valence-corrected chi connectivity index (χ4v) is 2.14. The Morgan fingerprint density at radius 1 is 1.62 bits per heavy atom. The standard InChI is InChI=1S/C11H17NO3S/c1-4-15-11(14)9(7(2)3)10(13)8-5-16-6-12-8/h5-7,9-10,13H,4H2,1-3H3. The highest BCUT2D eigenvalue weighted by Gasteiger charge is 2.33. The van der Waals surface area contributed by atoms with E-state index in [-0.39, 0.29) is 11.9 Å². The normalized spacial score (nSPS) is 14.8. The molecular formula is C11H17NO3S. The molecule has 1 heterocycles. The number of aromatic nitrogens is 1. The zero-order chi connectivity index (χ0) is 12.1. The van der Waals surface area contributed by atoms with Gasteiger partial charge in [0, 0.05) is 5.38 Å². The maximum absolute atomic E-state index is 11.7. The molecule has 2 unspecified atom stereocenters. The topological polar surface area (TPSA) is 59.4 Å². The summed E-state index contributed by atoms with van der Waals surface area (Å²) in [4.78, 5) is 15.7. The van der Waals surface area contributed by atoms with E-state index in [1.54, 1.807) is 17.8 Å². The number of carbonyl (C=O) groups excluding carboxylic acids is 1. The highest BCUT2D eigenvalue weighted by Crippen LogP contribution is 2.28. The van der Waals surface area contributed by atoms with Gasteiger partial charge in [0.2, 0.25) is 0 Å². The summed E-state index contributed by atoms with van der Waals surface area (Å²) in [6.07, 6.45) is -0.884. The molecule has 0 fully saturated rings. The van der Waals surface area contributed by atoms with Crippen LogP contribution in [0.4, 0.5) is 0 Å². The molecule has 1 aromatic heterocycles. The first-order valence-corrected chi connectivity index (χ1v) is 6.25. The first-order chi connectivity index (χ1) is 7.57. The Morgan fingerprint density at radius 3 is 2.75 bits per heavy atom. The van der Waals surface area contributed by atoms with E-state index in [1.807, 2.05) is 13.8 Å². The number of rotatable bonds is 5. The number of esters is 1. The highest BCUT2D eigenvalue weighted by molar-refractivity contribution is 7.07. The lowest BCUT2D eigenvalue weighted by Gasteiger charge is -2.23. The summed E-state index contributed by atoms with van der Waals surface area (Å²) in [5.74, 6) is -0.907. The van der Waals surface area contributed by atoms with Crippen molar-refractivity contribution in [3.8, 4) is 0 Å². The number of hydrogen-bond acceptors (Lipinski definition) is 5. The van der Waals surface area contributed by atoms with Crippen molar-refractivity contribution in [1.82, 2.24) is 4.98 Å². The van der Waals surface area contributed by atoms with Crippen LogP contribution in [0.5, 0.6) is 0 Å². The molecule has 0 amide bonds. The van der Waals surface area contributed by atoms with Crippen molar-refractivity contribution in [2.45, 2.75) is 26.9 Å². The van der Waals surface area contributed by atoms with Gasteiger partial charge in [-0.25, -0.2) is 4.98 Å². The fourth-order valence-electron chi connectivity index (χ4n) is 1.56. The number of hydrogen-bond donors (Lipinski definition) is 1. The Hall–Kier alpha value is -0.940. The summed E-state index contributed by atoms with van der Waals surface area (Å²) in [5, 5.41) is 11.8. The van der Waals surface area contributed by atoms with Gasteiger partial charge in [-0.1, -0.05) is 13.8 Å². The van der Waals surface area contributed by atoms with Crippen LogP contribution in [0, 0.1) is 11.8 Å². The molecule has 0 radical (unpaired) electrons. The summed E-state index contributed by atoms with van der Waals surface area (Å²) in [6, 6.07) is 0. The van der Waals surface area contributed by atoms with Gasteiger partial charge in [0.25, 0.3) is 0 Å². The minimum absolute atomic E-state index is 0.00995. The molecule has 0 aliphatic carbocycles. The third-order valence-corrected chi connectivity index (χ3v) is 2.98. The van der Waals surface area contributed by atoms with E-state index in [4.69, 9.17) is 4.74 Å². The number of aliphatic hydroxyl groups excluding tert-OH is 1. The van der Waals surface area contributed by atoms with Crippen LogP contribution in [0.25, 0.3) is 0 Å². The summed E-state index contributed by atoms with van der Waals surface area (Å²) in [6.45, 7) is 5.85. The van der Waals surface area contributed by atoms with Gasteiger partial charge in [-0.15, -0.1) is 11.3 Å². The zero-order valence-corrected chi connectivity index (χ0v) is 10.5. The average Bonchev–Trinajstić information content (AvgIpc) is 2.70. The molecule has 5 heteroatoms. The van der Waals surface area contributed by atoms with Gasteiger partial charge >= 0.3 is 5.97 Å². The van der Waals surface area contributed by atoms with Crippen LogP contribution in [0.3, 0.4) is 0 Å². The average molecular weight is 243 g/mol. The highest BCUT2D eigenvalue weighted by atomic mass is 32.1. The van der Waals surface area contributed by atoms with Crippen LogP contribution >= 0.6 is 11.3 Å². The second kappa shape index (κ2) is 5.96. The Balaban J connectivity index is 2.81. The Bertz CT molecular complexity index is 324. The largest absolute Gasteiger partial charge is 0.466 e. The van der Waals surface area contributed by atoms with Crippen LogP contribution in [-0.2, 0) is 9.53 Å². The number of carbonyl (C=O) groups is 1. The molecule has 1 rings (SSSR count). The lowest BCUT2D eigenvalue weighted by atomic mass is 9.89. The van der Waals surface area contributed by atoms with Gasteiger partial charge in [0.05, 0.1) is 23.7 Å². The summed E-state index contributed by atoms with van der Waals surface area (Å²) < 4.78 is 4.96. The van der Waals surface area contributed by atoms with Crippen LogP contribution in [0.1, 0.15) is 32.6 Å². The molecule has 0 saturated carbocycles. The fraction of sp³-hybridized carbons (Fsp3) is 0.636. The molecule has 4 nitrogen and oxygen atoms in total. The molecular weight excluding hydrogens is 226 g/mol. The van der Waals surface area contributed by atoms with Gasteiger partial charge in [0.1, 0.15) is 6.10 Å². The van der Waals surface area contributed by atoms with Crippen molar-refractivity contribution in [2.24, 2.45) is 11.8 Å². The van der Waals surface area contributed by atoms with Crippen LogP contribution < -0.4 is 0 Å². The Labute approximate surface area is 99.3 Å². The second-order valence-corrected chi connectivity index (χ2v) is 4.60. The molecule has 2 atom stereocenters. The van der Waals surface area contributed by atoms with Crippen LogP contribution in [0.2, 0.25) is 0 Å². The van der Waals surface area contributed by atoms with E-state index >= 15 is 0 Å². The van der Waals surface area contributed by atoms with E-state index < -0.39 is 12.0 Å². The predicted octanol–water partition coefficient (Wildman–Crippen LogP) is 2.01. The number of ether oxygens (including phenoxy) is 1. The van der Waals surface area contributed by atoms with Crippen molar-refractivity contribution >= 4 is 17.3 Å². The van der Waals surface area contributed by atoms with E-state index in [9.17, 15) is 9.90 Å². The van der Waals surface area contributed by atoms with Crippen molar-refractivity contribution in [2.75, 3.05) is 6.61 Å². The number of nitrogens with zero attached hydrogens (tertiary/aromatic N) is 1. The second-order valence-electron chi connectivity index (χ2n) is 3.88. The van der Waals surface area contributed by atoms with Gasteiger partial charge in [-0.3, -0.25) is 4.79 Å². The number of aliphatic hydroxyl groups is 1. The molecule has 0 aliphatic heterocycles. The first-order valence-electron chi connectivity index (χ1n) is 5.30. The van der Waals surface area contributed by atoms with Crippen molar-refractivity contribution < 1.29 is 14.6 Å². The molecule has 1 N–H and O–H groups in total. The van der Waals surface area contributed by atoms with E-state index in [0.29, 0.717) is 12.3 Å². The molecule has 16 heavy (non-hydrogen) atoms. The van der Waals surface area contributed by atoms with E-state index in [1.165, 1.54) is 11.3 Å². The molecule has 0 aliphatic rings. The van der Waals surface area contributed by atoms with Crippen molar-refractivity contribution in [3.63, 3.8) is 0 Å². The molecule has 0 spiro atoms. The summed E-state index contributed by atoms with van der Waals surface area (Å²) in [5.41, 5.74) is 2.18. The quantitative estimate of drug-likeness (QED) is 0.804. The summed E-state index contributed by atoms with van der Waals surface area (Å²) >= 11 is 1.40. The van der Waals surface area contributed by atoms with E-state index in [0.717, 1.165) is 0 Å². The number of thiazole rings is 1. The smallest absolute Gasteiger partial charge is 0.312 e. The van der Waals surface area contributed by atoms with Gasteiger partial charge in [-0.05, 0) is 12.8 Å². The minimum Gasteiger partial charge on any atom is -0.466 e. The first kappa shape index (κ1) is 13.1. The van der Waals surface area contributed by atoms with Gasteiger partial charge < -0.3 is 9.84 Å². The zero-order valence-electron chi connectivity index (χ0n) is 9.71.